The Morgan fingerprint density at radius 2 is 2.10 bits per heavy atom. The lowest BCUT2D eigenvalue weighted by Gasteiger charge is -2.18. The molecule has 0 bridgehead atoms. The molecular weight excluding hydrogens is 258 g/mol. The summed E-state index contributed by atoms with van der Waals surface area (Å²) in [4.78, 5) is 23.5. The predicted octanol–water partition coefficient (Wildman–Crippen LogP) is 1.93. The lowest BCUT2D eigenvalue weighted by atomic mass is 9.79. The van der Waals surface area contributed by atoms with E-state index in [9.17, 15) is 9.59 Å². The summed E-state index contributed by atoms with van der Waals surface area (Å²) >= 11 is 0. The van der Waals surface area contributed by atoms with Gasteiger partial charge in [0.2, 0.25) is 0 Å². The van der Waals surface area contributed by atoms with Crippen LogP contribution in [0.25, 0.3) is 0 Å². The second kappa shape index (κ2) is 5.33. The molecule has 3 atom stereocenters. The zero-order valence-corrected chi connectivity index (χ0v) is 11.3. The van der Waals surface area contributed by atoms with Crippen molar-refractivity contribution in [1.29, 1.82) is 5.26 Å². The van der Waals surface area contributed by atoms with Gasteiger partial charge in [0.1, 0.15) is 12.7 Å². The van der Waals surface area contributed by atoms with Crippen molar-refractivity contribution in [2.24, 2.45) is 11.3 Å². The number of hydrogen-bond donors (Lipinski definition) is 0. The molecule has 0 radical (unpaired) electrons. The Morgan fingerprint density at radius 3 is 2.65 bits per heavy atom. The van der Waals surface area contributed by atoms with Crippen molar-refractivity contribution in [2.75, 3.05) is 6.61 Å². The van der Waals surface area contributed by atoms with Crippen LogP contribution in [-0.2, 0) is 14.3 Å². The van der Waals surface area contributed by atoms with Gasteiger partial charge in [-0.3, -0.25) is 4.79 Å². The van der Waals surface area contributed by atoms with Crippen molar-refractivity contribution < 1.29 is 19.1 Å². The molecule has 104 valence electrons. The molecule has 1 aromatic rings. The smallest absolute Gasteiger partial charge is 0.338 e. The quantitative estimate of drug-likeness (QED) is 0.786. The van der Waals surface area contributed by atoms with Gasteiger partial charge < -0.3 is 9.47 Å². The van der Waals surface area contributed by atoms with E-state index in [1.54, 1.807) is 44.2 Å². The Morgan fingerprint density at radius 1 is 1.45 bits per heavy atom. The lowest BCUT2D eigenvalue weighted by molar-refractivity contribution is -0.147. The normalized spacial score (nSPS) is 28.6. The summed E-state index contributed by atoms with van der Waals surface area (Å²) in [5, 5.41) is 9.08. The second-order valence-corrected chi connectivity index (χ2v) is 5.01. The van der Waals surface area contributed by atoms with E-state index in [-0.39, 0.29) is 12.5 Å². The molecule has 5 heteroatoms. The third kappa shape index (κ3) is 2.37. The maximum Gasteiger partial charge on any atom is 0.338 e. The molecule has 0 saturated carbocycles. The molecule has 5 nitrogen and oxygen atoms in total. The fourth-order valence-electron chi connectivity index (χ4n) is 2.06. The Hall–Kier alpha value is -2.35. The standard InChI is InChI=1S/C15H15NO4/c1-10-12(20-14(18)15(10,2)9-16)8-19-13(17)11-6-4-3-5-7-11/h3-7,10,12H,8H2,1-2H3. The van der Waals surface area contributed by atoms with E-state index in [1.165, 1.54) is 0 Å². The Bertz CT molecular complexity index is 563. The zero-order valence-electron chi connectivity index (χ0n) is 11.3. The third-order valence-corrected chi connectivity index (χ3v) is 3.77. The van der Waals surface area contributed by atoms with Crippen LogP contribution in [0.5, 0.6) is 0 Å². The number of cyclic esters (lactones) is 1. The predicted molar refractivity (Wildman–Crippen MR) is 69.5 cm³/mol. The van der Waals surface area contributed by atoms with Gasteiger partial charge in [-0.15, -0.1) is 0 Å². The summed E-state index contributed by atoms with van der Waals surface area (Å²) in [6.07, 6.45) is -0.584. The monoisotopic (exact) mass is 273 g/mol. The van der Waals surface area contributed by atoms with Crippen molar-refractivity contribution in [3.63, 3.8) is 0 Å². The molecule has 1 saturated heterocycles. The molecular formula is C15H15NO4. The fraction of sp³-hybridized carbons (Fsp3) is 0.400. The first-order chi connectivity index (χ1) is 9.49. The molecule has 1 heterocycles. The van der Waals surface area contributed by atoms with E-state index in [4.69, 9.17) is 14.7 Å². The molecule has 1 aliphatic rings. The van der Waals surface area contributed by atoms with Gasteiger partial charge in [-0.2, -0.15) is 5.26 Å². The highest BCUT2D eigenvalue weighted by Crippen LogP contribution is 2.38. The maximum absolute atomic E-state index is 11.8. The van der Waals surface area contributed by atoms with E-state index < -0.39 is 23.5 Å². The number of nitrogens with zero attached hydrogens (tertiary/aromatic N) is 1. The van der Waals surface area contributed by atoms with Gasteiger partial charge in [-0.1, -0.05) is 25.1 Å². The van der Waals surface area contributed by atoms with Crippen LogP contribution in [0.3, 0.4) is 0 Å². The van der Waals surface area contributed by atoms with E-state index in [0.717, 1.165) is 0 Å². The topological polar surface area (TPSA) is 76.4 Å². The van der Waals surface area contributed by atoms with Crippen LogP contribution in [-0.4, -0.2) is 24.6 Å². The van der Waals surface area contributed by atoms with Gasteiger partial charge in [0.25, 0.3) is 0 Å². The van der Waals surface area contributed by atoms with Crippen LogP contribution in [0.1, 0.15) is 24.2 Å². The van der Waals surface area contributed by atoms with Crippen molar-refractivity contribution in [3.8, 4) is 6.07 Å². The number of rotatable bonds is 3. The van der Waals surface area contributed by atoms with Crippen LogP contribution in [0.4, 0.5) is 0 Å². The minimum atomic E-state index is -1.18. The zero-order chi connectivity index (χ0) is 14.8. The summed E-state index contributed by atoms with van der Waals surface area (Å²) in [7, 11) is 0. The average molecular weight is 273 g/mol. The fourth-order valence-corrected chi connectivity index (χ4v) is 2.06. The summed E-state index contributed by atoms with van der Waals surface area (Å²) in [5.41, 5.74) is -0.739. The number of carbonyl (C=O) groups excluding carboxylic acids is 2. The molecule has 0 N–H and O–H groups in total. The lowest BCUT2D eigenvalue weighted by Crippen LogP contribution is -2.30. The van der Waals surface area contributed by atoms with Crippen molar-refractivity contribution in [1.82, 2.24) is 0 Å². The van der Waals surface area contributed by atoms with Crippen LogP contribution >= 0.6 is 0 Å². The maximum atomic E-state index is 11.8. The minimum Gasteiger partial charge on any atom is -0.458 e. The Balaban J connectivity index is 1.98. The molecule has 3 unspecified atom stereocenters. The molecule has 2 rings (SSSR count). The number of ether oxygens (including phenoxy) is 2. The highest BCUT2D eigenvalue weighted by Gasteiger charge is 2.52. The largest absolute Gasteiger partial charge is 0.458 e. The van der Waals surface area contributed by atoms with Gasteiger partial charge in [-0.25, -0.2) is 4.79 Å². The summed E-state index contributed by atoms with van der Waals surface area (Å²) in [6, 6.07) is 10.5. The average Bonchev–Trinajstić information content (AvgIpc) is 2.70. The summed E-state index contributed by atoms with van der Waals surface area (Å²) in [5.74, 6) is -1.36. The highest BCUT2D eigenvalue weighted by molar-refractivity contribution is 5.89. The molecule has 20 heavy (non-hydrogen) atoms. The van der Waals surface area contributed by atoms with Gasteiger partial charge in [0, 0.05) is 5.92 Å². The number of carbonyl (C=O) groups is 2. The SMILES string of the molecule is CC1C(COC(=O)c2ccccc2)OC(=O)C1(C)C#N. The number of nitriles is 1. The molecule has 1 fully saturated rings. The summed E-state index contributed by atoms with van der Waals surface area (Å²) in [6.45, 7) is 3.24. The van der Waals surface area contributed by atoms with Gasteiger partial charge in [-0.05, 0) is 19.1 Å². The molecule has 1 aromatic carbocycles. The number of esters is 2. The van der Waals surface area contributed by atoms with E-state index >= 15 is 0 Å². The first-order valence-corrected chi connectivity index (χ1v) is 6.33. The van der Waals surface area contributed by atoms with Crippen molar-refractivity contribution >= 4 is 11.9 Å². The Kier molecular flexibility index (Phi) is 3.75. The van der Waals surface area contributed by atoms with Crippen LogP contribution < -0.4 is 0 Å². The second-order valence-electron chi connectivity index (χ2n) is 5.01. The summed E-state index contributed by atoms with van der Waals surface area (Å²) < 4.78 is 10.3. The molecule has 0 amide bonds. The number of hydrogen-bond acceptors (Lipinski definition) is 5. The first-order valence-electron chi connectivity index (χ1n) is 6.33. The Labute approximate surface area is 117 Å². The van der Waals surface area contributed by atoms with Crippen molar-refractivity contribution in [3.05, 3.63) is 35.9 Å². The van der Waals surface area contributed by atoms with Gasteiger partial charge in [0.15, 0.2) is 5.41 Å². The van der Waals surface area contributed by atoms with Crippen LogP contribution in [0, 0.1) is 22.7 Å². The van der Waals surface area contributed by atoms with Crippen LogP contribution in [0.2, 0.25) is 0 Å². The third-order valence-electron chi connectivity index (χ3n) is 3.77. The van der Waals surface area contributed by atoms with Crippen LogP contribution in [0.15, 0.2) is 30.3 Å². The van der Waals surface area contributed by atoms with E-state index in [0.29, 0.717) is 5.56 Å². The van der Waals surface area contributed by atoms with E-state index in [2.05, 4.69) is 0 Å². The molecule has 0 aromatic heterocycles. The van der Waals surface area contributed by atoms with Gasteiger partial charge in [0.05, 0.1) is 11.6 Å². The first kappa shape index (κ1) is 14.1. The highest BCUT2D eigenvalue weighted by atomic mass is 16.6. The molecule has 0 aliphatic carbocycles. The number of benzene rings is 1. The molecule has 1 aliphatic heterocycles. The van der Waals surface area contributed by atoms with Crippen molar-refractivity contribution in [2.45, 2.75) is 20.0 Å². The van der Waals surface area contributed by atoms with Gasteiger partial charge >= 0.3 is 11.9 Å². The van der Waals surface area contributed by atoms with E-state index in [1.807, 2.05) is 6.07 Å². The molecule has 0 spiro atoms. The minimum absolute atomic E-state index is 0.0437.